The van der Waals surface area contributed by atoms with Gasteiger partial charge in [0.15, 0.2) is 0 Å². The van der Waals surface area contributed by atoms with Gasteiger partial charge in [-0.3, -0.25) is 4.90 Å². The van der Waals surface area contributed by atoms with Crippen LogP contribution in [0.4, 0.5) is 0 Å². The predicted octanol–water partition coefficient (Wildman–Crippen LogP) is 3.25. The highest BCUT2D eigenvalue weighted by Gasteiger charge is 2.59. The van der Waals surface area contributed by atoms with Crippen LogP contribution in [0.25, 0.3) is 0 Å². The van der Waals surface area contributed by atoms with Gasteiger partial charge in [-0.1, -0.05) is 19.9 Å². The summed E-state index contributed by atoms with van der Waals surface area (Å²) in [4.78, 5) is 4.06. The normalized spacial score (nSPS) is 31.4. The second-order valence-corrected chi connectivity index (χ2v) is 8.27. The highest BCUT2D eigenvalue weighted by atomic mass is 32.1. The number of ether oxygens (including phenoxy) is 1. The molecule has 0 spiro atoms. The fourth-order valence-corrected chi connectivity index (χ4v) is 4.22. The molecule has 2 aliphatic carbocycles. The van der Waals surface area contributed by atoms with Gasteiger partial charge in [0.25, 0.3) is 0 Å². The molecule has 2 fully saturated rings. The van der Waals surface area contributed by atoms with E-state index in [0.717, 1.165) is 32.2 Å². The molecule has 21 heavy (non-hydrogen) atoms. The molecule has 0 aliphatic heterocycles. The minimum Gasteiger partial charge on any atom is -0.378 e. The first-order valence-corrected chi connectivity index (χ1v) is 9.01. The second kappa shape index (κ2) is 5.65. The Kier molecular flexibility index (Phi) is 4.17. The van der Waals surface area contributed by atoms with Gasteiger partial charge in [-0.2, -0.15) is 0 Å². The second-order valence-electron chi connectivity index (χ2n) is 7.24. The lowest BCUT2D eigenvalue weighted by Gasteiger charge is -2.60. The molecule has 1 aromatic heterocycles. The zero-order valence-electron chi connectivity index (χ0n) is 13.5. The maximum atomic E-state index is 6.78. The van der Waals surface area contributed by atoms with Crippen LogP contribution < -0.4 is 5.73 Å². The highest BCUT2D eigenvalue weighted by Crippen LogP contribution is 2.50. The van der Waals surface area contributed by atoms with E-state index in [-0.39, 0.29) is 11.0 Å². The van der Waals surface area contributed by atoms with Gasteiger partial charge in [0.05, 0.1) is 6.10 Å². The molecule has 2 saturated carbocycles. The standard InChI is InChI=1S/C17H28N2OS/c1-4-20-15-10-17(18,16(15,2)3)12-19(13-7-8-13)11-14-6-5-9-21-14/h5-6,9,13,15H,4,7-8,10-12,18H2,1-3H3. The minimum atomic E-state index is -0.118. The summed E-state index contributed by atoms with van der Waals surface area (Å²) in [5.41, 5.74) is 6.72. The lowest BCUT2D eigenvalue weighted by atomic mass is 9.54. The van der Waals surface area contributed by atoms with Crippen LogP contribution in [0.1, 0.15) is 44.9 Å². The molecular formula is C17H28N2OS. The minimum absolute atomic E-state index is 0.0611. The molecule has 2 aliphatic rings. The van der Waals surface area contributed by atoms with Crippen LogP contribution >= 0.6 is 11.3 Å². The zero-order valence-corrected chi connectivity index (χ0v) is 14.3. The predicted molar refractivity (Wildman–Crippen MR) is 88.5 cm³/mol. The van der Waals surface area contributed by atoms with Gasteiger partial charge >= 0.3 is 0 Å². The third-order valence-electron chi connectivity index (χ3n) is 5.49. The van der Waals surface area contributed by atoms with Crippen LogP contribution in [0, 0.1) is 5.41 Å². The Morgan fingerprint density at radius 1 is 1.43 bits per heavy atom. The van der Waals surface area contributed by atoms with E-state index in [1.165, 1.54) is 17.7 Å². The fourth-order valence-electron chi connectivity index (χ4n) is 3.49. The van der Waals surface area contributed by atoms with E-state index in [0.29, 0.717) is 6.10 Å². The van der Waals surface area contributed by atoms with Gasteiger partial charge in [0, 0.05) is 41.6 Å². The van der Waals surface area contributed by atoms with E-state index in [1.807, 2.05) is 11.3 Å². The van der Waals surface area contributed by atoms with E-state index in [2.05, 4.69) is 43.2 Å². The molecule has 0 aromatic carbocycles. The maximum Gasteiger partial charge on any atom is 0.0662 e. The average molecular weight is 308 g/mol. The molecule has 0 amide bonds. The number of rotatable bonds is 7. The van der Waals surface area contributed by atoms with Crippen LogP contribution in [0.5, 0.6) is 0 Å². The molecule has 2 unspecified atom stereocenters. The first-order chi connectivity index (χ1) is 9.96. The molecule has 0 saturated heterocycles. The molecule has 4 heteroatoms. The summed E-state index contributed by atoms with van der Waals surface area (Å²) in [6.45, 7) is 9.44. The smallest absolute Gasteiger partial charge is 0.0662 e. The molecule has 2 N–H and O–H groups in total. The third kappa shape index (κ3) is 2.91. The van der Waals surface area contributed by atoms with Crippen molar-refractivity contribution in [3.05, 3.63) is 22.4 Å². The first-order valence-electron chi connectivity index (χ1n) is 8.13. The van der Waals surface area contributed by atoms with Crippen LogP contribution in [0.3, 0.4) is 0 Å². The zero-order chi connectivity index (χ0) is 15.1. The molecule has 0 radical (unpaired) electrons. The van der Waals surface area contributed by atoms with Crippen molar-refractivity contribution in [1.29, 1.82) is 0 Å². The van der Waals surface area contributed by atoms with E-state index in [4.69, 9.17) is 10.5 Å². The average Bonchev–Trinajstić information content (AvgIpc) is 3.16. The SMILES string of the molecule is CCOC1CC(N)(CN(Cc2cccs2)C2CC2)C1(C)C. The van der Waals surface area contributed by atoms with Crippen molar-refractivity contribution < 1.29 is 4.74 Å². The number of nitrogens with zero attached hydrogens (tertiary/aromatic N) is 1. The van der Waals surface area contributed by atoms with E-state index in [9.17, 15) is 0 Å². The summed E-state index contributed by atoms with van der Waals surface area (Å²) >= 11 is 1.85. The van der Waals surface area contributed by atoms with E-state index >= 15 is 0 Å². The summed E-state index contributed by atoms with van der Waals surface area (Å²) in [5.74, 6) is 0. The van der Waals surface area contributed by atoms with Crippen molar-refractivity contribution in [3.63, 3.8) is 0 Å². The van der Waals surface area contributed by atoms with Gasteiger partial charge in [-0.15, -0.1) is 11.3 Å². The lowest BCUT2D eigenvalue weighted by molar-refractivity contribution is -0.157. The molecule has 3 nitrogen and oxygen atoms in total. The van der Waals surface area contributed by atoms with Crippen molar-refractivity contribution in [3.8, 4) is 0 Å². The topological polar surface area (TPSA) is 38.5 Å². The van der Waals surface area contributed by atoms with Crippen molar-refractivity contribution in [2.24, 2.45) is 11.1 Å². The summed E-state index contributed by atoms with van der Waals surface area (Å²) in [6.07, 6.45) is 3.96. The van der Waals surface area contributed by atoms with Crippen molar-refractivity contribution in [1.82, 2.24) is 4.90 Å². The summed E-state index contributed by atoms with van der Waals surface area (Å²) in [6, 6.07) is 5.12. The van der Waals surface area contributed by atoms with Crippen LogP contribution in [0.2, 0.25) is 0 Å². The Balaban J connectivity index is 1.66. The lowest BCUT2D eigenvalue weighted by Crippen LogP contribution is -2.73. The third-order valence-corrected chi connectivity index (χ3v) is 6.35. The number of hydrogen-bond donors (Lipinski definition) is 1. The molecule has 3 rings (SSSR count). The van der Waals surface area contributed by atoms with Gasteiger partial charge in [-0.25, -0.2) is 0 Å². The van der Waals surface area contributed by atoms with Crippen molar-refractivity contribution in [2.45, 2.75) is 64.3 Å². The number of thiophene rings is 1. The van der Waals surface area contributed by atoms with E-state index in [1.54, 1.807) is 0 Å². The van der Waals surface area contributed by atoms with Crippen LogP contribution in [-0.2, 0) is 11.3 Å². The van der Waals surface area contributed by atoms with E-state index < -0.39 is 0 Å². The maximum absolute atomic E-state index is 6.78. The quantitative estimate of drug-likeness (QED) is 0.840. The monoisotopic (exact) mass is 308 g/mol. The molecule has 1 heterocycles. The van der Waals surface area contributed by atoms with Crippen LogP contribution in [-0.4, -0.2) is 35.7 Å². The molecule has 118 valence electrons. The number of hydrogen-bond acceptors (Lipinski definition) is 4. The summed E-state index contributed by atoms with van der Waals surface area (Å²) < 4.78 is 5.86. The van der Waals surface area contributed by atoms with Crippen molar-refractivity contribution >= 4 is 11.3 Å². The Bertz CT molecular complexity index is 469. The molecule has 2 atom stereocenters. The van der Waals surface area contributed by atoms with Gasteiger partial charge in [-0.05, 0) is 37.6 Å². The van der Waals surface area contributed by atoms with Crippen molar-refractivity contribution in [2.75, 3.05) is 13.2 Å². The summed E-state index contributed by atoms with van der Waals surface area (Å²) in [5, 5.41) is 2.16. The number of nitrogens with two attached hydrogens (primary N) is 1. The van der Waals surface area contributed by atoms with Gasteiger partial charge in [0.1, 0.15) is 0 Å². The Labute approximate surface area is 132 Å². The van der Waals surface area contributed by atoms with Gasteiger partial charge < -0.3 is 10.5 Å². The highest BCUT2D eigenvalue weighted by molar-refractivity contribution is 7.09. The van der Waals surface area contributed by atoms with Gasteiger partial charge in [0.2, 0.25) is 0 Å². The molecule has 1 aromatic rings. The fraction of sp³-hybridized carbons (Fsp3) is 0.765. The summed E-state index contributed by atoms with van der Waals surface area (Å²) in [7, 11) is 0. The Hall–Kier alpha value is -0.420. The Morgan fingerprint density at radius 3 is 2.71 bits per heavy atom. The Morgan fingerprint density at radius 2 is 2.19 bits per heavy atom. The molecular weight excluding hydrogens is 280 g/mol. The first kappa shape index (κ1) is 15.5. The largest absolute Gasteiger partial charge is 0.378 e. The van der Waals surface area contributed by atoms with Crippen LogP contribution in [0.15, 0.2) is 17.5 Å². The molecule has 0 bridgehead atoms.